The predicted octanol–water partition coefficient (Wildman–Crippen LogP) is 5.92. The average Bonchev–Trinajstić information content (AvgIpc) is 3.03. The Balaban J connectivity index is 1.36. The number of nitrogens with zero attached hydrogens (tertiary/aromatic N) is 3. The molecule has 1 saturated heterocycles. The number of hydrogen-bond acceptors (Lipinski definition) is 4. The molecule has 2 aliphatic rings. The van der Waals surface area contributed by atoms with E-state index in [0.717, 1.165) is 37.5 Å². The summed E-state index contributed by atoms with van der Waals surface area (Å²) in [6.07, 6.45) is 8.64. The zero-order valence-electron chi connectivity index (χ0n) is 22.0. The molecule has 1 fully saturated rings. The number of para-hydroxylation sites is 3. The smallest absolute Gasteiger partial charge is 0.257 e. The average molecular weight is 491 g/mol. The first kappa shape index (κ1) is 26.4. The summed E-state index contributed by atoms with van der Waals surface area (Å²) in [5, 5.41) is 2.97. The van der Waals surface area contributed by atoms with Crippen LogP contribution < -0.4 is 10.2 Å². The van der Waals surface area contributed by atoms with Crippen LogP contribution in [0.15, 0.2) is 48.5 Å². The van der Waals surface area contributed by atoms with Crippen LogP contribution in [0.1, 0.15) is 69.2 Å². The number of amides is 2. The van der Waals surface area contributed by atoms with Crippen LogP contribution in [0.2, 0.25) is 0 Å². The normalized spacial score (nSPS) is 16.4. The summed E-state index contributed by atoms with van der Waals surface area (Å²) in [4.78, 5) is 33.2. The summed E-state index contributed by atoms with van der Waals surface area (Å²) < 4.78 is 0. The van der Waals surface area contributed by atoms with Gasteiger partial charge in [-0.3, -0.25) is 19.4 Å². The van der Waals surface area contributed by atoms with E-state index >= 15 is 0 Å². The predicted molar refractivity (Wildman–Crippen MR) is 148 cm³/mol. The third kappa shape index (κ3) is 6.54. The van der Waals surface area contributed by atoms with Crippen molar-refractivity contribution in [1.82, 2.24) is 9.80 Å². The Hall–Kier alpha value is -2.70. The lowest BCUT2D eigenvalue weighted by Gasteiger charge is -2.34. The van der Waals surface area contributed by atoms with Crippen molar-refractivity contribution in [3.63, 3.8) is 0 Å². The minimum atomic E-state index is -0.180. The first-order valence-electron chi connectivity index (χ1n) is 13.9. The molecule has 6 nitrogen and oxygen atoms in total. The molecule has 36 heavy (non-hydrogen) atoms. The molecule has 0 saturated carbocycles. The lowest BCUT2D eigenvalue weighted by Crippen LogP contribution is -2.42. The minimum absolute atomic E-state index is 0.00940. The number of anilines is 3. The van der Waals surface area contributed by atoms with Crippen molar-refractivity contribution in [2.24, 2.45) is 5.92 Å². The van der Waals surface area contributed by atoms with Gasteiger partial charge >= 0.3 is 0 Å². The molecule has 1 N–H and O–H groups in total. The molecule has 2 amide bonds. The Kier molecular flexibility index (Phi) is 9.54. The molecule has 194 valence electrons. The quantitative estimate of drug-likeness (QED) is 0.425. The van der Waals surface area contributed by atoms with Crippen molar-refractivity contribution in [1.29, 1.82) is 0 Å². The van der Waals surface area contributed by atoms with Crippen LogP contribution in [-0.4, -0.2) is 60.9 Å². The van der Waals surface area contributed by atoms with E-state index in [2.05, 4.69) is 29.0 Å². The van der Waals surface area contributed by atoms with Gasteiger partial charge in [0.1, 0.15) is 0 Å². The third-order valence-electron chi connectivity index (χ3n) is 7.61. The number of carbonyl (C=O) groups excluding carboxylic acids is 2. The van der Waals surface area contributed by atoms with Crippen LogP contribution in [0, 0.1) is 5.92 Å². The van der Waals surface area contributed by atoms with Gasteiger partial charge in [0.15, 0.2) is 0 Å². The number of fused-ring (bicyclic) bond motifs is 2. The molecule has 0 unspecified atom stereocenters. The van der Waals surface area contributed by atoms with Crippen molar-refractivity contribution < 1.29 is 9.59 Å². The Labute approximate surface area is 216 Å². The fourth-order valence-electron chi connectivity index (χ4n) is 5.38. The second-order valence-electron chi connectivity index (χ2n) is 10.3. The molecular formula is C30H42N4O2. The van der Waals surface area contributed by atoms with Crippen LogP contribution >= 0.6 is 0 Å². The van der Waals surface area contributed by atoms with Crippen LogP contribution in [0.5, 0.6) is 0 Å². The summed E-state index contributed by atoms with van der Waals surface area (Å²) >= 11 is 0. The molecule has 0 spiro atoms. The number of likely N-dealkylation sites (tertiary alicyclic amines) is 1. The van der Waals surface area contributed by atoms with Gasteiger partial charge in [-0.1, -0.05) is 51.0 Å². The summed E-state index contributed by atoms with van der Waals surface area (Å²) in [6, 6.07) is 14.9. The molecule has 2 aromatic rings. The molecule has 0 radical (unpaired) electrons. The molecule has 2 aliphatic heterocycles. The Bertz CT molecular complexity index is 1010. The first-order valence-corrected chi connectivity index (χ1v) is 13.9. The highest BCUT2D eigenvalue weighted by Gasteiger charge is 2.30. The maximum atomic E-state index is 13.7. The van der Waals surface area contributed by atoms with Gasteiger partial charge in [-0.2, -0.15) is 0 Å². The van der Waals surface area contributed by atoms with Gasteiger partial charge in [0, 0.05) is 0 Å². The minimum Gasteiger partial charge on any atom is -0.320 e. The second-order valence-corrected chi connectivity index (χ2v) is 10.3. The van der Waals surface area contributed by atoms with Gasteiger partial charge in [0.05, 0.1) is 29.2 Å². The van der Waals surface area contributed by atoms with Gasteiger partial charge < -0.3 is 10.2 Å². The third-order valence-corrected chi connectivity index (χ3v) is 7.61. The van der Waals surface area contributed by atoms with Gasteiger partial charge in [0.2, 0.25) is 5.91 Å². The maximum absolute atomic E-state index is 13.7. The molecule has 0 bridgehead atoms. The van der Waals surface area contributed by atoms with E-state index in [9.17, 15) is 9.59 Å². The second kappa shape index (κ2) is 13.0. The highest BCUT2D eigenvalue weighted by atomic mass is 16.2. The van der Waals surface area contributed by atoms with E-state index < -0.39 is 0 Å². The lowest BCUT2D eigenvalue weighted by atomic mass is 9.93. The SMILES string of the molecule is CCCCN(CCCC)CCC1CCN(CC(=O)N2c3ccccc3NC(=O)c3ccccc32)CC1. The zero-order chi connectivity index (χ0) is 25.3. The van der Waals surface area contributed by atoms with Crippen molar-refractivity contribution >= 4 is 28.9 Å². The van der Waals surface area contributed by atoms with Gasteiger partial charge in [0.25, 0.3) is 5.91 Å². The number of benzene rings is 2. The molecule has 2 aromatic carbocycles. The molecule has 0 aromatic heterocycles. The number of nitrogens with one attached hydrogen (secondary N) is 1. The number of hydrogen-bond donors (Lipinski definition) is 1. The van der Waals surface area contributed by atoms with Crippen molar-refractivity contribution in [2.75, 3.05) is 49.5 Å². The maximum Gasteiger partial charge on any atom is 0.257 e. The Morgan fingerprint density at radius 1 is 0.917 bits per heavy atom. The van der Waals surface area contributed by atoms with E-state index in [-0.39, 0.29) is 11.8 Å². The molecule has 4 rings (SSSR count). The fourth-order valence-corrected chi connectivity index (χ4v) is 5.38. The first-order chi connectivity index (χ1) is 17.6. The largest absolute Gasteiger partial charge is 0.320 e. The van der Waals surface area contributed by atoms with E-state index in [1.54, 1.807) is 11.0 Å². The molecule has 2 heterocycles. The summed E-state index contributed by atoms with van der Waals surface area (Å²) in [5.74, 6) is 0.569. The highest BCUT2D eigenvalue weighted by molar-refractivity contribution is 6.17. The molecule has 6 heteroatoms. The topological polar surface area (TPSA) is 55.9 Å². The van der Waals surface area contributed by atoms with E-state index in [4.69, 9.17) is 0 Å². The van der Waals surface area contributed by atoms with Crippen LogP contribution in [-0.2, 0) is 4.79 Å². The van der Waals surface area contributed by atoms with E-state index in [1.807, 2.05) is 42.5 Å². The summed E-state index contributed by atoms with van der Waals surface area (Å²) in [7, 11) is 0. The summed E-state index contributed by atoms with van der Waals surface area (Å²) in [5.41, 5.74) is 2.58. The Morgan fingerprint density at radius 3 is 2.25 bits per heavy atom. The number of piperidine rings is 1. The lowest BCUT2D eigenvalue weighted by molar-refractivity contribution is -0.119. The monoisotopic (exact) mass is 490 g/mol. The highest BCUT2D eigenvalue weighted by Crippen LogP contribution is 2.38. The van der Waals surface area contributed by atoms with Crippen molar-refractivity contribution in [2.45, 2.75) is 58.8 Å². The van der Waals surface area contributed by atoms with Crippen molar-refractivity contribution in [3.05, 3.63) is 54.1 Å². The van der Waals surface area contributed by atoms with Gasteiger partial charge in [-0.05, 0) is 95.0 Å². The van der Waals surface area contributed by atoms with Crippen LogP contribution in [0.4, 0.5) is 17.1 Å². The standard InChI is InChI=1S/C30H42N4O2/c1-3-5-18-32(19-6-4-2)20-15-24-16-21-33(22-17-24)23-29(35)34-27-13-9-7-11-25(27)30(36)31-26-12-8-10-14-28(26)34/h7-14,24H,3-6,15-23H2,1-2H3,(H,31,36). The van der Waals surface area contributed by atoms with Crippen LogP contribution in [0.3, 0.4) is 0 Å². The van der Waals surface area contributed by atoms with E-state index in [0.29, 0.717) is 23.5 Å². The van der Waals surface area contributed by atoms with E-state index in [1.165, 1.54) is 51.7 Å². The van der Waals surface area contributed by atoms with Crippen LogP contribution in [0.25, 0.3) is 0 Å². The van der Waals surface area contributed by atoms with Gasteiger partial charge in [-0.15, -0.1) is 0 Å². The fraction of sp³-hybridized carbons (Fsp3) is 0.533. The van der Waals surface area contributed by atoms with Gasteiger partial charge in [-0.25, -0.2) is 0 Å². The number of unbranched alkanes of at least 4 members (excludes halogenated alkanes) is 2. The Morgan fingerprint density at radius 2 is 1.56 bits per heavy atom. The summed E-state index contributed by atoms with van der Waals surface area (Å²) in [6.45, 7) is 10.5. The molecular weight excluding hydrogens is 448 g/mol. The zero-order valence-corrected chi connectivity index (χ0v) is 22.0. The van der Waals surface area contributed by atoms with Crippen molar-refractivity contribution in [3.8, 4) is 0 Å². The number of rotatable bonds is 11. The molecule has 0 aliphatic carbocycles. The number of carbonyl (C=O) groups is 2. The molecule has 0 atom stereocenters.